The van der Waals surface area contributed by atoms with Gasteiger partial charge in [-0.3, -0.25) is 0 Å². The monoisotopic (exact) mass is 304 g/mol. The van der Waals surface area contributed by atoms with Gasteiger partial charge in [-0.25, -0.2) is 4.39 Å². The van der Waals surface area contributed by atoms with Crippen molar-refractivity contribution in [3.05, 3.63) is 59.4 Å². The second-order valence-electron chi connectivity index (χ2n) is 5.44. The van der Waals surface area contributed by atoms with Crippen LogP contribution in [0, 0.1) is 5.82 Å². The van der Waals surface area contributed by atoms with Crippen LogP contribution in [0.2, 0.25) is 5.02 Å². The second-order valence-corrected chi connectivity index (χ2v) is 5.88. The third-order valence-electron chi connectivity index (χ3n) is 3.96. The van der Waals surface area contributed by atoms with Crippen molar-refractivity contribution in [3.63, 3.8) is 0 Å². The molecule has 0 aliphatic carbocycles. The van der Waals surface area contributed by atoms with Gasteiger partial charge in [0.05, 0.1) is 0 Å². The molecule has 0 aromatic heterocycles. The molecule has 2 aromatic carbocycles. The van der Waals surface area contributed by atoms with Gasteiger partial charge in [0.15, 0.2) is 0 Å². The van der Waals surface area contributed by atoms with Crippen LogP contribution in [0.3, 0.4) is 0 Å². The van der Waals surface area contributed by atoms with E-state index in [1.165, 1.54) is 12.1 Å². The summed E-state index contributed by atoms with van der Waals surface area (Å²) in [5.41, 5.74) is 2.24. The Hall–Kier alpha value is -1.74. The Morgan fingerprint density at radius 3 is 2.48 bits per heavy atom. The zero-order valence-corrected chi connectivity index (χ0v) is 12.7. The van der Waals surface area contributed by atoms with Crippen LogP contribution in [-0.4, -0.2) is 25.7 Å². The first kappa shape index (κ1) is 14.2. The summed E-state index contributed by atoms with van der Waals surface area (Å²) < 4.78 is 13.0. The molecule has 0 bridgehead atoms. The minimum Gasteiger partial charge on any atom is -0.368 e. The van der Waals surface area contributed by atoms with Crippen molar-refractivity contribution < 1.29 is 4.39 Å². The number of piperazine rings is 1. The first-order chi connectivity index (χ1) is 10.1. The number of hydrogen-bond acceptors (Lipinski definition) is 2. The molecule has 2 nitrogen and oxygen atoms in total. The van der Waals surface area contributed by atoms with Crippen LogP contribution in [0.25, 0.3) is 0 Å². The maximum absolute atomic E-state index is 13.0. The Balaban J connectivity index is 1.73. The molecule has 1 heterocycles. The van der Waals surface area contributed by atoms with Gasteiger partial charge in [0.2, 0.25) is 0 Å². The first-order valence-electron chi connectivity index (χ1n) is 7.16. The summed E-state index contributed by atoms with van der Waals surface area (Å²) >= 11 is 6.08. The van der Waals surface area contributed by atoms with Crippen LogP contribution in [-0.2, 0) is 0 Å². The molecule has 0 saturated carbocycles. The van der Waals surface area contributed by atoms with E-state index in [1.807, 2.05) is 30.3 Å². The fourth-order valence-electron chi connectivity index (χ4n) is 2.88. The molecule has 110 valence electrons. The molecule has 1 aliphatic rings. The quantitative estimate of drug-likeness (QED) is 0.820. The molecule has 1 unspecified atom stereocenters. The van der Waals surface area contributed by atoms with Gasteiger partial charge < -0.3 is 9.80 Å². The van der Waals surface area contributed by atoms with Crippen molar-refractivity contribution in [2.45, 2.75) is 13.0 Å². The van der Waals surface area contributed by atoms with Crippen LogP contribution in [0.1, 0.15) is 6.92 Å². The van der Waals surface area contributed by atoms with Crippen LogP contribution >= 0.6 is 11.6 Å². The van der Waals surface area contributed by atoms with Crippen LogP contribution in [0.4, 0.5) is 15.8 Å². The Morgan fingerprint density at radius 1 is 1.05 bits per heavy atom. The Morgan fingerprint density at radius 2 is 1.81 bits per heavy atom. The molecule has 3 rings (SSSR count). The van der Waals surface area contributed by atoms with Crippen molar-refractivity contribution in [1.29, 1.82) is 0 Å². The van der Waals surface area contributed by atoms with Gasteiger partial charge in [0, 0.05) is 42.1 Å². The Labute approximate surface area is 129 Å². The van der Waals surface area contributed by atoms with Gasteiger partial charge in [-0.15, -0.1) is 0 Å². The van der Waals surface area contributed by atoms with E-state index in [9.17, 15) is 4.39 Å². The van der Waals surface area contributed by atoms with Gasteiger partial charge in [0.25, 0.3) is 0 Å². The summed E-state index contributed by atoms with van der Waals surface area (Å²) in [7, 11) is 0. The van der Waals surface area contributed by atoms with Crippen LogP contribution in [0.15, 0.2) is 48.5 Å². The Bertz CT molecular complexity index is 614. The molecule has 0 radical (unpaired) electrons. The van der Waals surface area contributed by atoms with E-state index < -0.39 is 0 Å². The lowest BCUT2D eigenvalue weighted by Gasteiger charge is -2.42. The largest absolute Gasteiger partial charge is 0.368 e. The smallest absolute Gasteiger partial charge is 0.123 e. The number of benzene rings is 2. The highest BCUT2D eigenvalue weighted by Crippen LogP contribution is 2.26. The fourth-order valence-corrected chi connectivity index (χ4v) is 3.07. The van der Waals surface area contributed by atoms with E-state index in [0.717, 1.165) is 36.0 Å². The molecule has 2 aromatic rings. The minimum absolute atomic E-state index is 0.190. The van der Waals surface area contributed by atoms with Gasteiger partial charge in [-0.2, -0.15) is 0 Å². The second kappa shape index (κ2) is 5.94. The Kier molecular flexibility index (Phi) is 4.02. The van der Waals surface area contributed by atoms with E-state index in [2.05, 4.69) is 22.8 Å². The summed E-state index contributed by atoms with van der Waals surface area (Å²) in [5, 5.41) is 0.765. The molecule has 1 aliphatic heterocycles. The first-order valence-corrected chi connectivity index (χ1v) is 7.54. The van der Waals surface area contributed by atoms with E-state index in [0.29, 0.717) is 6.04 Å². The predicted molar refractivity (Wildman–Crippen MR) is 86.9 cm³/mol. The van der Waals surface area contributed by atoms with Crippen molar-refractivity contribution in [1.82, 2.24) is 0 Å². The summed E-state index contributed by atoms with van der Waals surface area (Å²) in [4.78, 5) is 4.66. The van der Waals surface area contributed by atoms with Gasteiger partial charge in [0.1, 0.15) is 5.82 Å². The number of rotatable bonds is 2. The molecule has 4 heteroatoms. The molecule has 1 fully saturated rings. The van der Waals surface area contributed by atoms with Crippen LogP contribution in [0.5, 0.6) is 0 Å². The summed E-state index contributed by atoms with van der Waals surface area (Å²) in [6.07, 6.45) is 0. The number of hydrogen-bond donors (Lipinski definition) is 0. The average Bonchev–Trinajstić information content (AvgIpc) is 2.48. The molecule has 21 heavy (non-hydrogen) atoms. The molecule has 0 spiro atoms. The SMILES string of the molecule is CC1CN(c2ccc(F)cc2)CCN1c1cccc(Cl)c1. The maximum Gasteiger partial charge on any atom is 0.123 e. The lowest BCUT2D eigenvalue weighted by Crippen LogP contribution is -2.52. The summed E-state index contributed by atoms with van der Waals surface area (Å²) in [6.45, 7) is 4.97. The fraction of sp³-hybridized carbons (Fsp3) is 0.294. The van der Waals surface area contributed by atoms with Gasteiger partial charge >= 0.3 is 0 Å². The van der Waals surface area contributed by atoms with Crippen LogP contribution < -0.4 is 9.80 Å². The number of nitrogens with zero attached hydrogens (tertiary/aromatic N) is 2. The van der Waals surface area contributed by atoms with Gasteiger partial charge in [-0.1, -0.05) is 17.7 Å². The molecule has 1 atom stereocenters. The zero-order chi connectivity index (χ0) is 14.8. The normalized spacial score (nSPS) is 18.9. The summed E-state index contributed by atoms with van der Waals surface area (Å²) in [5.74, 6) is -0.190. The third kappa shape index (κ3) is 3.13. The molecule has 1 saturated heterocycles. The number of anilines is 2. The highest BCUT2D eigenvalue weighted by atomic mass is 35.5. The third-order valence-corrected chi connectivity index (χ3v) is 4.19. The zero-order valence-electron chi connectivity index (χ0n) is 12.0. The molecule has 0 amide bonds. The van der Waals surface area contributed by atoms with Gasteiger partial charge in [-0.05, 0) is 49.4 Å². The average molecular weight is 305 g/mol. The molecular formula is C17H18ClFN2. The van der Waals surface area contributed by atoms with E-state index in [-0.39, 0.29) is 5.82 Å². The standard InChI is InChI=1S/C17H18ClFN2/c1-13-12-20(16-7-5-15(19)6-8-16)9-10-21(13)17-4-2-3-14(18)11-17/h2-8,11,13H,9-10,12H2,1H3. The summed E-state index contributed by atoms with van der Waals surface area (Å²) in [6, 6.07) is 15.1. The predicted octanol–water partition coefficient (Wildman–Crippen LogP) is 4.19. The van der Waals surface area contributed by atoms with Crippen molar-refractivity contribution in [2.75, 3.05) is 29.4 Å². The van der Waals surface area contributed by atoms with E-state index in [4.69, 9.17) is 11.6 Å². The minimum atomic E-state index is -0.190. The lowest BCUT2D eigenvalue weighted by molar-refractivity contribution is 0.550. The number of halogens is 2. The lowest BCUT2D eigenvalue weighted by atomic mass is 10.1. The van der Waals surface area contributed by atoms with E-state index in [1.54, 1.807) is 0 Å². The highest BCUT2D eigenvalue weighted by molar-refractivity contribution is 6.30. The van der Waals surface area contributed by atoms with Crippen molar-refractivity contribution in [2.24, 2.45) is 0 Å². The molecular weight excluding hydrogens is 287 g/mol. The molecule has 0 N–H and O–H groups in total. The van der Waals surface area contributed by atoms with Crippen molar-refractivity contribution in [3.8, 4) is 0 Å². The topological polar surface area (TPSA) is 6.48 Å². The maximum atomic E-state index is 13.0. The van der Waals surface area contributed by atoms with Crippen molar-refractivity contribution >= 4 is 23.0 Å². The highest BCUT2D eigenvalue weighted by Gasteiger charge is 2.24. The van der Waals surface area contributed by atoms with E-state index >= 15 is 0 Å².